The van der Waals surface area contributed by atoms with Crippen LogP contribution in [0.4, 0.5) is 0 Å². The Kier molecular flexibility index (Phi) is 19.2. The molecule has 2 aromatic rings. The Labute approximate surface area is 165 Å². The van der Waals surface area contributed by atoms with Crippen molar-refractivity contribution in [2.24, 2.45) is 0 Å². The number of benzene rings is 2. The zero-order chi connectivity index (χ0) is 19.7. The Bertz CT molecular complexity index is 433. The summed E-state index contributed by atoms with van der Waals surface area (Å²) in [7, 11) is -0.780. The van der Waals surface area contributed by atoms with Crippen molar-refractivity contribution in [1.29, 1.82) is 0 Å². The lowest BCUT2D eigenvalue weighted by atomic mass is 10.4. The predicted molar refractivity (Wildman–Crippen MR) is 135 cm³/mol. The first-order chi connectivity index (χ1) is 11.8. The highest BCUT2D eigenvalue weighted by Crippen LogP contribution is 1.91. The van der Waals surface area contributed by atoms with Gasteiger partial charge in [0.2, 0.25) is 0 Å². The Morgan fingerprint density at radius 1 is 0.520 bits per heavy atom. The molecule has 0 unspecified atom stereocenters. The van der Waals surface area contributed by atoms with Crippen molar-refractivity contribution in [2.75, 3.05) is 0 Å². The second-order valence-electron chi connectivity index (χ2n) is 7.71. The van der Waals surface area contributed by atoms with Crippen LogP contribution in [0.3, 0.4) is 0 Å². The highest BCUT2D eigenvalue weighted by molar-refractivity contribution is 6.84. The van der Waals surface area contributed by atoms with E-state index in [1.807, 2.05) is 0 Å². The predicted octanol–water partition coefficient (Wildman–Crippen LogP) is 4.11. The van der Waals surface area contributed by atoms with Gasteiger partial charge in [-0.15, -0.1) is 0 Å². The van der Waals surface area contributed by atoms with E-state index in [-0.39, 0.29) is 17.6 Å². The molecule has 0 bridgehead atoms. The molecule has 0 N–H and O–H groups in total. The Morgan fingerprint density at radius 2 is 0.720 bits per heavy atom. The van der Waals surface area contributed by atoms with E-state index < -0.39 is 8.80 Å². The third-order valence-corrected chi connectivity index (χ3v) is 5.37. The molecular formula is C21H42Si4. The van der Waals surface area contributed by atoms with Gasteiger partial charge in [-0.3, -0.25) is 0 Å². The molecule has 25 heavy (non-hydrogen) atoms. The minimum atomic E-state index is -0.919. The summed E-state index contributed by atoms with van der Waals surface area (Å²) in [6.45, 7) is 20.7. The number of hydrogen-bond donors (Lipinski definition) is 0. The SMILES string of the molecule is C[SiH2]C.C[SiH](C)C.C[SiH](C)C.C[SiH](c1ccccc1)c1ccccc1. The average molecular weight is 407 g/mol. The van der Waals surface area contributed by atoms with E-state index in [1.54, 1.807) is 0 Å². The van der Waals surface area contributed by atoms with Crippen LogP contribution >= 0.6 is 0 Å². The molecule has 0 aliphatic heterocycles. The van der Waals surface area contributed by atoms with Crippen LogP contribution in [0.2, 0.25) is 58.9 Å². The van der Waals surface area contributed by atoms with Gasteiger partial charge in [0.15, 0.2) is 0 Å². The molecule has 0 radical (unpaired) electrons. The van der Waals surface area contributed by atoms with Gasteiger partial charge >= 0.3 is 0 Å². The van der Waals surface area contributed by atoms with Gasteiger partial charge in [-0.1, -0.05) is 130 Å². The number of rotatable bonds is 2. The summed E-state index contributed by atoms with van der Waals surface area (Å²) in [5, 5.41) is 3.03. The average Bonchev–Trinajstić information content (AvgIpc) is 2.55. The molecule has 0 aliphatic rings. The highest BCUT2D eigenvalue weighted by atomic mass is 28.3. The van der Waals surface area contributed by atoms with Crippen LogP contribution in [0.1, 0.15) is 0 Å². The van der Waals surface area contributed by atoms with Crippen LogP contribution in [0.15, 0.2) is 60.7 Å². The van der Waals surface area contributed by atoms with E-state index >= 15 is 0 Å². The van der Waals surface area contributed by atoms with Crippen molar-refractivity contribution < 1.29 is 0 Å². The molecule has 0 atom stereocenters. The van der Waals surface area contributed by atoms with Crippen LogP contribution in [-0.4, -0.2) is 35.9 Å². The normalized spacial score (nSPS) is 9.44. The maximum absolute atomic E-state index is 2.38. The molecule has 4 heteroatoms. The zero-order valence-corrected chi connectivity index (χ0v) is 23.1. The Morgan fingerprint density at radius 3 is 0.920 bits per heavy atom. The minimum Gasteiger partial charge on any atom is -0.0750 e. The van der Waals surface area contributed by atoms with E-state index in [1.165, 1.54) is 10.4 Å². The van der Waals surface area contributed by atoms with E-state index in [9.17, 15) is 0 Å². The summed E-state index contributed by atoms with van der Waals surface area (Å²) in [6, 6.07) is 21.6. The highest BCUT2D eigenvalue weighted by Gasteiger charge is 2.07. The Hall–Kier alpha value is -0.692. The lowest BCUT2D eigenvalue weighted by molar-refractivity contribution is 1.72. The maximum Gasteiger partial charge on any atom is 0.0997 e. The molecule has 0 aromatic heterocycles. The van der Waals surface area contributed by atoms with Gasteiger partial charge in [0.25, 0.3) is 0 Å². The van der Waals surface area contributed by atoms with E-state index in [2.05, 4.69) is 120 Å². The molecule has 0 saturated heterocycles. The second-order valence-corrected chi connectivity index (χ2v) is 18.8. The van der Waals surface area contributed by atoms with Gasteiger partial charge < -0.3 is 0 Å². The van der Waals surface area contributed by atoms with E-state index in [4.69, 9.17) is 0 Å². The molecule has 0 heterocycles. The van der Waals surface area contributed by atoms with Crippen LogP contribution < -0.4 is 10.4 Å². The van der Waals surface area contributed by atoms with Gasteiger partial charge in [0, 0.05) is 27.1 Å². The molecular weight excluding hydrogens is 365 g/mol. The lowest BCUT2D eigenvalue weighted by Gasteiger charge is -2.09. The Balaban J connectivity index is 0. The lowest BCUT2D eigenvalue weighted by Crippen LogP contribution is -2.38. The zero-order valence-electron chi connectivity index (χ0n) is 18.2. The molecule has 2 aromatic carbocycles. The maximum atomic E-state index is 2.38. The summed E-state index contributed by atoms with van der Waals surface area (Å²) in [4.78, 5) is 0. The molecule has 0 nitrogen and oxygen atoms in total. The first kappa shape index (κ1) is 26.5. The molecule has 0 fully saturated rings. The fraction of sp³-hybridized carbons (Fsp3) is 0.429. The summed E-state index contributed by atoms with van der Waals surface area (Å²) in [5.41, 5.74) is 0. The van der Waals surface area contributed by atoms with Gasteiger partial charge in [-0.25, -0.2) is 0 Å². The van der Waals surface area contributed by atoms with Crippen LogP contribution in [0.5, 0.6) is 0 Å². The second kappa shape index (κ2) is 18.1. The topological polar surface area (TPSA) is 0 Å². The molecule has 0 amide bonds. The van der Waals surface area contributed by atoms with Gasteiger partial charge in [0.05, 0.1) is 8.80 Å². The van der Waals surface area contributed by atoms with Crippen LogP contribution in [0.25, 0.3) is 0 Å². The van der Waals surface area contributed by atoms with Crippen molar-refractivity contribution in [3.05, 3.63) is 60.7 Å². The monoisotopic (exact) mass is 406 g/mol. The first-order valence-electron chi connectivity index (χ1n) is 9.85. The van der Waals surface area contributed by atoms with Crippen LogP contribution in [0, 0.1) is 0 Å². The quantitative estimate of drug-likeness (QED) is 0.658. The van der Waals surface area contributed by atoms with Crippen LogP contribution in [-0.2, 0) is 0 Å². The van der Waals surface area contributed by atoms with Crippen molar-refractivity contribution in [3.8, 4) is 0 Å². The molecule has 0 aliphatic carbocycles. The third kappa shape index (κ3) is 19.5. The van der Waals surface area contributed by atoms with Gasteiger partial charge in [-0.2, -0.15) is 0 Å². The fourth-order valence-electron chi connectivity index (χ4n) is 1.68. The molecule has 0 spiro atoms. The standard InChI is InChI=1S/C13H14Si.2C3H10Si.C2H8Si/c1-14(12-8-4-2-5-9-12)13-10-6-3-7-11-13;2*1-4(2)3;1-3-2/h2-11,14H,1H3;2*4H,1-3H3;3H2,1-2H3. The summed E-state index contributed by atoms with van der Waals surface area (Å²) in [5.74, 6) is 0. The summed E-state index contributed by atoms with van der Waals surface area (Å²) in [6.07, 6.45) is 0. The summed E-state index contributed by atoms with van der Waals surface area (Å²) >= 11 is 0. The van der Waals surface area contributed by atoms with Crippen molar-refractivity contribution in [1.82, 2.24) is 0 Å². The fourth-order valence-corrected chi connectivity index (χ4v) is 3.66. The van der Waals surface area contributed by atoms with E-state index in [0.717, 1.165) is 0 Å². The van der Waals surface area contributed by atoms with E-state index in [0.29, 0.717) is 9.52 Å². The van der Waals surface area contributed by atoms with Crippen molar-refractivity contribution >= 4 is 46.3 Å². The largest absolute Gasteiger partial charge is 0.0997 e. The molecule has 142 valence electrons. The summed E-state index contributed by atoms with van der Waals surface area (Å²) < 4.78 is 0. The number of hydrogen-bond acceptors (Lipinski definition) is 0. The first-order valence-corrected chi connectivity index (χ1v) is 21.9. The smallest absolute Gasteiger partial charge is 0.0750 e. The third-order valence-electron chi connectivity index (χ3n) is 2.60. The molecule has 2 rings (SSSR count). The van der Waals surface area contributed by atoms with Gasteiger partial charge in [-0.05, 0) is 0 Å². The molecule has 0 saturated carbocycles. The van der Waals surface area contributed by atoms with Crippen molar-refractivity contribution in [3.63, 3.8) is 0 Å². The van der Waals surface area contributed by atoms with Gasteiger partial charge in [0.1, 0.15) is 0 Å². The van der Waals surface area contributed by atoms with Crippen molar-refractivity contribution in [2.45, 2.75) is 58.9 Å². The minimum absolute atomic E-state index is 0.139.